The number of anilines is 2. The lowest BCUT2D eigenvalue weighted by Gasteiger charge is -2.17. The van der Waals surface area contributed by atoms with Crippen LogP contribution in [0.2, 0.25) is 0 Å². The third-order valence-electron chi connectivity index (χ3n) is 6.85. The summed E-state index contributed by atoms with van der Waals surface area (Å²) in [4.78, 5) is 51.8. The molecule has 2 aromatic carbocycles. The van der Waals surface area contributed by atoms with Crippen LogP contribution in [0.1, 0.15) is 32.7 Å². The third-order valence-corrected chi connectivity index (χ3v) is 6.85. The summed E-state index contributed by atoms with van der Waals surface area (Å²) in [7, 11) is 1.30. The minimum Gasteiger partial charge on any atom is -0.465 e. The molecule has 2 fully saturated rings. The number of allylic oxidation sites excluding steroid dienone is 2. The van der Waals surface area contributed by atoms with Crippen molar-refractivity contribution in [1.29, 1.82) is 0 Å². The van der Waals surface area contributed by atoms with Crippen LogP contribution < -0.4 is 10.2 Å². The van der Waals surface area contributed by atoms with E-state index in [0.29, 0.717) is 28.1 Å². The van der Waals surface area contributed by atoms with E-state index in [1.165, 1.54) is 12.0 Å². The Morgan fingerprint density at radius 2 is 1.59 bits per heavy atom. The maximum atomic E-state index is 13.0. The largest absolute Gasteiger partial charge is 0.465 e. The fourth-order valence-corrected chi connectivity index (χ4v) is 5.22. The van der Waals surface area contributed by atoms with Crippen LogP contribution in [0.15, 0.2) is 54.6 Å². The highest BCUT2D eigenvalue weighted by Gasteiger charge is 2.59. The van der Waals surface area contributed by atoms with E-state index < -0.39 is 5.97 Å². The van der Waals surface area contributed by atoms with Gasteiger partial charge in [-0.25, -0.2) is 4.79 Å². The lowest BCUT2D eigenvalue weighted by Crippen LogP contribution is -2.32. The van der Waals surface area contributed by atoms with Gasteiger partial charge in [-0.1, -0.05) is 18.2 Å². The number of esters is 1. The molecule has 162 valence electrons. The normalized spacial score (nSPS) is 25.2. The molecule has 4 unspecified atom stereocenters. The molecule has 1 heterocycles. The molecule has 5 rings (SSSR count). The first-order valence-electron chi connectivity index (χ1n) is 10.6. The Morgan fingerprint density at radius 3 is 2.19 bits per heavy atom. The van der Waals surface area contributed by atoms with Crippen molar-refractivity contribution in [2.24, 2.45) is 23.7 Å². The van der Waals surface area contributed by atoms with Crippen LogP contribution in [-0.2, 0) is 14.3 Å². The maximum Gasteiger partial charge on any atom is 0.338 e. The molecule has 32 heavy (non-hydrogen) atoms. The zero-order valence-electron chi connectivity index (χ0n) is 17.7. The highest BCUT2D eigenvalue weighted by Crippen LogP contribution is 2.53. The highest BCUT2D eigenvalue weighted by atomic mass is 16.5. The SMILES string of the molecule is COC(=O)c1cccc(NC(=O)c2ccc(N3C(=O)C4C5C=CC(C5)C4C3=O)cc2)c1C. The number of hydrogen-bond acceptors (Lipinski definition) is 5. The molecule has 4 atom stereocenters. The first-order valence-corrected chi connectivity index (χ1v) is 10.6. The van der Waals surface area contributed by atoms with E-state index in [0.717, 1.165) is 6.42 Å². The second-order valence-corrected chi connectivity index (χ2v) is 8.48. The Morgan fingerprint density at radius 1 is 0.969 bits per heavy atom. The molecule has 7 heteroatoms. The molecule has 1 aliphatic heterocycles. The molecule has 2 aromatic rings. The molecule has 0 aromatic heterocycles. The van der Waals surface area contributed by atoms with Crippen molar-refractivity contribution in [3.8, 4) is 0 Å². The van der Waals surface area contributed by atoms with E-state index in [1.54, 1.807) is 49.4 Å². The molecule has 2 bridgehead atoms. The predicted octanol–water partition coefficient (Wildman–Crippen LogP) is 3.35. The van der Waals surface area contributed by atoms with Gasteiger partial charge in [0, 0.05) is 11.3 Å². The number of amides is 3. The van der Waals surface area contributed by atoms with Crippen LogP contribution in [0.5, 0.6) is 0 Å². The van der Waals surface area contributed by atoms with Crippen LogP contribution in [0.4, 0.5) is 11.4 Å². The summed E-state index contributed by atoms with van der Waals surface area (Å²) in [5, 5.41) is 2.80. The fourth-order valence-electron chi connectivity index (χ4n) is 5.22. The minimum absolute atomic E-state index is 0.149. The van der Waals surface area contributed by atoms with Gasteiger partial charge < -0.3 is 10.1 Å². The second kappa shape index (κ2) is 7.44. The first-order chi connectivity index (χ1) is 15.4. The van der Waals surface area contributed by atoms with Gasteiger partial charge in [-0.15, -0.1) is 0 Å². The minimum atomic E-state index is -0.476. The fraction of sp³-hybridized carbons (Fsp3) is 0.280. The van der Waals surface area contributed by atoms with Gasteiger partial charge in [0.15, 0.2) is 0 Å². The summed E-state index contributed by atoms with van der Waals surface area (Å²) >= 11 is 0. The quantitative estimate of drug-likeness (QED) is 0.456. The Hall–Kier alpha value is -3.74. The first kappa shape index (κ1) is 20.2. The van der Waals surface area contributed by atoms with Gasteiger partial charge in [0.2, 0.25) is 11.8 Å². The number of carbonyl (C=O) groups is 4. The van der Waals surface area contributed by atoms with Gasteiger partial charge in [-0.3, -0.25) is 19.3 Å². The third kappa shape index (κ3) is 2.96. The zero-order valence-corrected chi connectivity index (χ0v) is 17.7. The Kier molecular flexibility index (Phi) is 4.69. The number of nitrogens with one attached hydrogen (secondary N) is 1. The van der Waals surface area contributed by atoms with E-state index in [4.69, 9.17) is 4.74 Å². The monoisotopic (exact) mass is 430 g/mol. The molecule has 0 radical (unpaired) electrons. The molecule has 3 aliphatic rings. The van der Waals surface area contributed by atoms with Crippen molar-refractivity contribution in [1.82, 2.24) is 0 Å². The van der Waals surface area contributed by atoms with Crippen LogP contribution in [-0.4, -0.2) is 30.8 Å². The molecule has 1 saturated heterocycles. The lowest BCUT2D eigenvalue weighted by atomic mass is 9.85. The van der Waals surface area contributed by atoms with E-state index in [2.05, 4.69) is 17.5 Å². The summed E-state index contributed by atoms with van der Waals surface area (Å²) in [6.07, 6.45) is 5.01. The van der Waals surface area contributed by atoms with Crippen molar-refractivity contribution >= 4 is 35.1 Å². The number of carbonyl (C=O) groups excluding carboxylic acids is 4. The van der Waals surface area contributed by atoms with Crippen molar-refractivity contribution in [3.05, 3.63) is 71.3 Å². The molecule has 0 spiro atoms. The topological polar surface area (TPSA) is 92.8 Å². The second-order valence-electron chi connectivity index (χ2n) is 8.48. The Balaban J connectivity index is 1.34. The van der Waals surface area contributed by atoms with Gasteiger partial charge in [0.05, 0.1) is 30.2 Å². The number of fused-ring (bicyclic) bond motifs is 5. The van der Waals surface area contributed by atoms with Gasteiger partial charge >= 0.3 is 5.97 Å². The van der Waals surface area contributed by atoms with Crippen LogP contribution in [0, 0.1) is 30.6 Å². The molecular weight excluding hydrogens is 408 g/mol. The molecule has 7 nitrogen and oxygen atoms in total. The van der Waals surface area contributed by atoms with E-state index in [9.17, 15) is 19.2 Å². The number of methoxy groups -OCH3 is 1. The standard InChI is InChI=1S/C25H22N2O5/c1-13-18(25(31)32-2)4-3-5-19(13)26-22(28)14-8-10-17(11-9-14)27-23(29)20-15-6-7-16(12-15)21(20)24(27)30/h3-11,15-16,20-21H,12H2,1-2H3,(H,26,28). The molecule has 3 amide bonds. The average Bonchev–Trinajstić information content (AvgIpc) is 3.48. The van der Waals surface area contributed by atoms with E-state index in [-0.39, 0.29) is 41.4 Å². The summed E-state index contributed by atoms with van der Waals surface area (Å²) < 4.78 is 4.77. The van der Waals surface area contributed by atoms with Crippen molar-refractivity contribution in [2.75, 3.05) is 17.3 Å². The lowest BCUT2D eigenvalue weighted by molar-refractivity contribution is -0.123. The van der Waals surface area contributed by atoms with Crippen molar-refractivity contribution < 1.29 is 23.9 Å². The smallest absolute Gasteiger partial charge is 0.338 e. The molecule has 1 N–H and O–H groups in total. The van der Waals surface area contributed by atoms with Crippen LogP contribution >= 0.6 is 0 Å². The number of benzene rings is 2. The number of ether oxygens (including phenoxy) is 1. The van der Waals surface area contributed by atoms with Gasteiger partial charge in [0.25, 0.3) is 5.91 Å². The van der Waals surface area contributed by atoms with Crippen LogP contribution in [0.25, 0.3) is 0 Å². The van der Waals surface area contributed by atoms with Crippen LogP contribution in [0.3, 0.4) is 0 Å². The number of rotatable bonds is 4. The van der Waals surface area contributed by atoms with Crippen molar-refractivity contribution in [3.63, 3.8) is 0 Å². The van der Waals surface area contributed by atoms with Crippen molar-refractivity contribution in [2.45, 2.75) is 13.3 Å². The number of hydrogen-bond donors (Lipinski definition) is 1. The van der Waals surface area contributed by atoms with E-state index >= 15 is 0 Å². The predicted molar refractivity (Wildman–Crippen MR) is 117 cm³/mol. The summed E-state index contributed by atoms with van der Waals surface area (Å²) in [5.41, 5.74) is 2.34. The average molecular weight is 430 g/mol. The Bertz CT molecular complexity index is 1150. The maximum absolute atomic E-state index is 13.0. The number of nitrogens with zero attached hydrogens (tertiary/aromatic N) is 1. The summed E-state index contributed by atoms with van der Waals surface area (Å²) in [5.74, 6) is -1.35. The summed E-state index contributed by atoms with van der Waals surface area (Å²) in [6, 6.07) is 11.4. The van der Waals surface area contributed by atoms with Gasteiger partial charge in [-0.2, -0.15) is 0 Å². The summed E-state index contributed by atoms with van der Waals surface area (Å²) in [6.45, 7) is 1.73. The van der Waals surface area contributed by atoms with E-state index in [1.807, 2.05) is 0 Å². The zero-order chi connectivity index (χ0) is 22.6. The molecule has 1 saturated carbocycles. The number of imide groups is 1. The highest BCUT2D eigenvalue weighted by molar-refractivity contribution is 6.23. The molecule has 2 aliphatic carbocycles. The van der Waals surface area contributed by atoms with Gasteiger partial charge in [0.1, 0.15) is 0 Å². The Labute approximate surface area is 185 Å². The van der Waals surface area contributed by atoms with Gasteiger partial charge in [-0.05, 0) is 67.1 Å². The molecular formula is C25H22N2O5.